The van der Waals surface area contributed by atoms with Gasteiger partial charge in [0.05, 0.1) is 34.7 Å². The molecule has 0 N–H and O–H groups in total. The van der Waals surface area contributed by atoms with Crippen LogP contribution in [0, 0.1) is 73.0 Å². The first-order valence-corrected chi connectivity index (χ1v) is 38.3. The lowest BCUT2D eigenvalue weighted by atomic mass is 9.65. The molecule has 0 unspecified atom stereocenters. The number of aromatic nitrogens is 4. The molecule has 18 heteroatoms. The number of aryl methyl sites for hydroxylation is 4. The van der Waals surface area contributed by atoms with E-state index in [0.717, 1.165) is 50.2 Å². The Bertz CT molecular complexity index is 6350. The predicted molar refractivity (Wildman–Crippen MR) is 409 cm³/mol. The molecule has 8 aromatic heterocycles. The number of nitriles is 4. The Balaban J connectivity index is 0.784. The highest BCUT2D eigenvalue weighted by molar-refractivity contribution is 7.41. The van der Waals surface area contributed by atoms with Crippen LogP contribution in [0.3, 0.4) is 0 Å². The lowest BCUT2D eigenvalue weighted by molar-refractivity contribution is 0.103. The molecule has 0 saturated heterocycles. The standard InChI is InChI=1S/C82H42N8O2S8/c1-39-13-21-45(22-14-39)81(46-23-15-40(2)16-24-46)57-30-54-58(29-53(57)70-59(81)33-61(94-70)75-89-79-77(99-75)87-63(96-79)31-55-65(43(35-83)36-84)49-9-5-7-11-51(49)68(55)91)82(47-25-17-41(3)18-26-47,48-27-19-42(4)20-28-48)67-71(54)98-74-72-60(93-73(67)74)34-62(95-72)76-90-80-78(100-76)88-64(97-80)32-56-66(44(37-85)38-86)50-10-6-8-12-52(50)69(56)92/h5-34H,1-4H3/b55-31-,56-32-. The zero-order valence-corrected chi connectivity index (χ0v) is 59.5. The van der Waals surface area contributed by atoms with Gasteiger partial charge in [-0.05, 0) is 125 Å². The number of ketones is 2. The van der Waals surface area contributed by atoms with Crippen molar-refractivity contribution in [2.24, 2.45) is 0 Å². The summed E-state index contributed by atoms with van der Waals surface area (Å²) in [5.41, 5.74) is 18.3. The Morgan fingerprint density at radius 1 is 0.380 bits per heavy atom. The summed E-state index contributed by atoms with van der Waals surface area (Å²) in [4.78, 5) is 55.8. The van der Waals surface area contributed by atoms with Crippen molar-refractivity contribution >= 4 is 164 Å². The molecule has 8 heterocycles. The number of thiazole rings is 4. The van der Waals surface area contributed by atoms with Crippen molar-refractivity contribution in [2.45, 2.75) is 38.5 Å². The summed E-state index contributed by atoms with van der Waals surface area (Å²) in [6.45, 7) is 8.60. The van der Waals surface area contributed by atoms with Crippen LogP contribution >= 0.6 is 90.7 Å². The number of fused-ring (bicyclic) bond motifs is 14. The van der Waals surface area contributed by atoms with Gasteiger partial charge in [0.1, 0.15) is 55.5 Å². The Morgan fingerprint density at radius 2 is 0.790 bits per heavy atom. The van der Waals surface area contributed by atoms with Crippen molar-refractivity contribution in [3.05, 3.63) is 291 Å². The summed E-state index contributed by atoms with van der Waals surface area (Å²) in [5.74, 6) is -0.491. The molecule has 7 aromatic carbocycles. The summed E-state index contributed by atoms with van der Waals surface area (Å²) in [5, 5.41) is 42.9. The van der Waals surface area contributed by atoms with Crippen molar-refractivity contribution in [1.29, 1.82) is 21.0 Å². The third-order valence-electron chi connectivity index (χ3n) is 19.7. The number of allylic oxidation sites excluding steroid dienone is 6. The average molecular weight is 1430 g/mol. The van der Waals surface area contributed by atoms with Crippen molar-refractivity contribution in [3.63, 3.8) is 0 Å². The highest BCUT2D eigenvalue weighted by Gasteiger charge is 2.54. The SMILES string of the molecule is Cc1ccc(C2(c3ccc(C)cc3)c3cc4c(cc3-c3sc(-c5nc6sc(/C=C7\C(=O)c8ccccc8C7=C(C#N)C#N)nc6s5)cc32)C(c2ccc(C)cc2)(c2ccc(C)cc2)c2c-4sc3c2sc2cc(-c4nc5sc(/C=C6\C(=O)c7ccccc7C6=C(C#N)C#N)nc5s4)sc23)cc1. The molecule has 470 valence electrons. The molecule has 0 aliphatic heterocycles. The minimum absolute atomic E-state index is 0.113. The van der Waals surface area contributed by atoms with E-state index < -0.39 is 10.8 Å². The fourth-order valence-corrected chi connectivity index (χ4v) is 24.9. The smallest absolute Gasteiger partial charge is 0.194 e. The van der Waals surface area contributed by atoms with Gasteiger partial charge in [0.15, 0.2) is 30.9 Å². The van der Waals surface area contributed by atoms with Crippen molar-refractivity contribution in [1.82, 2.24) is 19.9 Å². The summed E-state index contributed by atoms with van der Waals surface area (Å²) >= 11 is 13.1. The molecule has 0 amide bonds. The third-order valence-corrected chi connectivity index (χ3v) is 29.1. The molecule has 0 saturated carbocycles. The van der Waals surface area contributed by atoms with E-state index in [1.165, 1.54) is 141 Å². The maximum Gasteiger partial charge on any atom is 0.194 e. The van der Waals surface area contributed by atoms with Gasteiger partial charge < -0.3 is 0 Å². The van der Waals surface area contributed by atoms with E-state index in [9.17, 15) is 30.6 Å². The number of nitrogens with zero attached hydrogens (tertiary/aromatic N) is 8. The molecule has 0 spiro atoms. The topological polar surface area (TPSA) is 181 Å². The van der Waals surface area contributed by atoms with Crippen molar-refractivity contribution < 1.29 is 9.59 Å². The van der Waals surface area contributed by atoms with Crippen LogP contribution in [0.25, 0.3) is 102 Å². The molecular formula is C82H42N8O2S8. The second-order valence-electron chi connectivity index (χ2n) is 25.3. The molecule has 4 aliphatic carbocycles. The molecule has 0 bridgehead atoms. The van der Waals surface area contributed by atoms with Crippen LogP contribution in [-0.2, 0) is 10.8 Å². The number of carbonyl (C=O) groups is 2. The Labute approximate surface area is 603 Å². The van der Waals surface area contributed by atoms with Gasteiger partial charge in [-0.15, -0.1) is 45.3 Å². The van der Waals surface area contributed by atoms with Gasteiger partial charge in [-0.3, -0.25) is 9.59 Å². The van der Waals surface area contributed by atoms with Crippen LogP contribution in [0.4, 0.5) is 0 Å². The molecule has 10 nitrogen and oxygen atoms in total. The second kappa shape index (κ2) is 22.3. The number of Topliss-reactive ketones (excluding diaryl/α,β-unsaturated/α-hetero) is 2. The number of hydrogen-bond acceptors (Lipinski definition) is 18. The quantitative estimate of drug-likeness (QED) is 0.105. The zero-order valence-electron chi connectivity index (χ0n) is 53.0. The molecule has 0 radical (unpaired) electrons. The number of carbonyl (C=O) groups excluding carboxylic acids is 2. The molecule has 15 aromatic rings. The lowest BCUT2D eigenvalue weighted by Crippen LogP contribution is -2.30. The van der Waals surface area contributed by atoms with Gasteiger partial charge in [-0.2, -0.15) is 21.0 Å². The maximum absolute atomic E-state index is 14.0. The van der Waals surface area contributed by atoms with Gasteiger partial charge in [0, 0.05) is 53.4 Å². The van der Waals surface area contributed by atoms with E-state index >= 15 is 0 Å². The minimum atomic E-state index is -0.764. The molecule has 0 atom stereocenters. The monoisotopic (exact) mass is 1430 g/mol. The lowest BCUT2D eigenvalue weighted by Gasteiger charge is -2.35. The average Bonchev–Trinajstić information content (AvgIpc) is 1.49. The molecule has 19 rings (SSSR count). The van der Waals surface area contributed by atoms with Crippen LogP contribution in [0.15, 0.2) is 192 Å². The third kappa shape index (κ3) is 8.55. The normalized spacial score (nSPS) is 15.2. The minimum Gasteiger partial charge on any atom is -0.289 e. The van der Waals surface area contributed by atoms with E-state index in [4.69, 9.17) is 19.9 Å². The van der Waals surface area contributed by atoms with Crippen LogP contribution < -0.4 is 0 Å². The summed E-state index contributed by atoms with van der Waals surface area (Å²) in [6.07, 6.45) is 3.40. The fraction of sp³-hybridized carbons (Fsp3) is 0.0732. The second-order valence-corrected chi connectivity index (χ2v) is 33.5. The van der Waals surface area contributed by atoms with Gasteiger partial charge in [-0.1, -0.05) is 213 Å². The first-order valence-electron chi connectivity index (χ1n) is 31.8. The van der Waals surface area contributed by atoms with Crippen LogP contribution in [-0.4, -0.2) is 31.5 Å². The first-order chi connectivity index (χ1) is 48.8. The molecule has 100 heavy (non-hydrogen) atoms. The Hall–Kier alpha value is -10.8. The van der Waals surface area contributed by atoms with E-state index in [2.05, 4.69) is 149 Å². The van der Waals surface area contributed by atoms with E-state index in [1.807, 2.05) is 47.0 Å². The highest BCUT2D eigenvalue weighted by atomic mass is 32.1. The van der Waals surface area contributed by atoms with E-state index in [0.29, 0.717) is 43.4 Å². The number of benzene rings is 7. The van der Waals surface area contributed by atoms with Gasteiger partial charge in [0.25, 0.3) is 0 Å². The largest absolute Gasteiger partial charge is 0.289 e. The van der Waals surface area contributed by atoms with Gasteiger partial charge >= 0.3 is 0 Å². The zero-order chi connectivity index (χ0) is 67.8. The number of rotatable bonds is 8. The molecule has 0 fully saturated rings. The molecular weight excluding hydrogens is 1390 g/mol. The van der Waals surface area contributed by atoms with E-state index in [-0.39, 0.29) is 33.9 Å². The van der Waals surface area contributed by atoms with Crippen LogP contribution in [0.2, 0.25) is 0 Å². The van der Waals surface area contributed by atoms with Crippen molar-refractivity contribution in [3.8, 4) is 64.9 Å². The summed E-state index contributed by atoms with van der Waals surface area (Å²) in [6, 6.07) is 68.6. The van der Waals surface area contributed by atoms with Gasteiger partial charge in [-0.25, -0.2) is 19.9 Å². The summed E-state index contributed by atoms with van der Waals surface area (Å²) in [7, 11) is 0. The number of thiophene rings is 4. The van der Waals surface area contributed by atoms with Crippen LogP contribution in [0.1, 0.15) is 109 Å². The Kier molecular flexibility index (Phi) is 13.5. The summed E-state index contributed by atoms with van der Waals surface area (Å²) < 4.78 is 4.93. The number of hydrogen-bond donors (Lipinski definition) is 0. The van der Waals surface area contributed by atoms with Crippen LogP contribution in [0.5, 0.6) is 0 Å². The predicted octanol–water partition coefficient (Wildman–Crippen LogP) is 21.8. The van der Waals surface area contributed by atoms with Gasteiger partial charge in [0.2, 0.25) is 0 Å². The molecule has 4 aliphatic rings. The Morgan fingerprint density at radius 3 is 1.24 bits per heavy atom. The maximum atomic E-state index is 14.0. The van der Waals surface area contributed by atoms with Crippen molar-refractivity contribution in [2.75, 3.05) is 0 Å². The van der Waals surface area contributed by atoms with E-state index in [1.54, 1.807) is 83.4 Å². The first kappa shape index (κ1) is 60.3. The highest BCUT2D eigenvalue weighted by Crippen LogP contribution is 2.68. The fourth-order valence-electron chi connectivity index (χ4n) is 15.2.